The van der Waals surface area contributed by atoms with Gasteiger partial charge in [-0.1, -0.05) is 0 Å². The molecule has 2 atom stereocenters. The van der Waals surface area contributed by atoms with Crippen molar-refractivity contribution in [2.45, 2.75) is 37.9 Å². The first-order chi connectivity index (χ1) is 9.33. The molecular weight excluding hydrogens is 304 g/mol. The maximum absolute atomic E-state index is 4.20. The van der Waals surface area contributed by atoms with Gasteiger partial charge in [0.2, 0.25) is 0 Å². The summed E-state index contributed by atoms with van der Waals surface area (Å²) in [6.45, 7) is 0.863. The molecule has 0 bridgehead atoms. The molecule has 1 fully saturated rings. The van der Waals surface area contributed by atoms with Crippen LogP contribution in [0.4, 0.5) is 0 Å². The summed E-state index contributed by atoms with van der Waals surface area (Å²) in [7, 11) is 0. The van der Waals surface area contributed by atoms with Crippen molar-refractivity contribution in [2.75, 3.05) is 0 Å². The monoisotopic (exact) mass is 320 g/mol. The van der Waals surface area contributed by atoms with E-state index in [-0.39, 0.29) is 0 Å². The predicted octanol–water partition coefficient (Wildman–Crippen LogP) is 2.92. The topological polar surface area (TPSA) is 42.7 Å². The van der Waals surface area contributed by atoms with Crippen molar-refractivity contribution in [1.82, 2.24) is 19.9 Å². The third-order valence-corrected chi connectivity index (χ3v) is 4.15. The zero-order valence-corrected chi connectivity index (χ0v) is 12.3. The van der Waals surface area contributed by atoms with Crippen LogP contribution in [0.2, 0.25) is 0 Å². The average molecular weight is 321 g/mol. The number of nitrogens with zero attached hydrogens (tertiary/aromatic N) is 3. The second-order valence-corrected chi connectivity index (χ2v) is 5.92. The van der Waals surface area contributed by atoms with Crippen LogP contribution < -0.4 is 5.32 Å². The van der Waals surface area contributed by atoms with Crippen LogP contribution in [0.3, 0.4) is 0 Å². The largest absolute Gasteiger partial charge is 0.333 e. The Balaban J connectivity index is 1.63. The van der Waals surface area contributed by atoms with Gasteiger partial charge in [0.25, 0.3) is 0 Å². The van der Waals surface area contributed by atoms with Crippen molar-refractivity contribution in [3.63, 3.8) is 0 Å². The molecule has 4 nitrogen and oxygen atoms in total. The standard InChI is InChI=1S/C14H17BrN4/c15-12-6-11(7-17-9-12)8-18-13-2-1-3-14(13)19-5-4-16-10-19/h4-7,9-10,13-14,18H,1-3,8H2. The number of hydrogen-bond donors (Lipinski definition) is 1. The van der Waals surface area contributed by atoms with Crippen LogP contribution in [0.5, 0.6) is 0 Å². The normalized spacial score (nSPS) is 22.8. The van der Waals surface area contributed by atoms with E-state index < -0.39 is 0 Å². The Morgan fingerprint density at radius 3 is 3.05 bits per heavy atom. The third kappa shape index (κ3) is 3.04. The van der Waals surface area contributed by atoms with E-state index in [0.29, 0.717) is 12.1 Å². The van der Waals surface area contributed by atoms with Gasteiger partial charge in [0.05, 0.1) is 6.33 Å². The number of pyridine rings is 1. The Hall–Kier alpha value is -1.20. The summed E-state index contributed by atoms with van der Waals surface area (Å²) in [6.07, 6.45) is 13.3. The first-order valence-electron chi connectivity index (χ1n) is 6.63. The Labute approximate surface area is 121 Å². The highest BCUT2D eigenvalue weighted by Crippen LogP contribution is 2.30. The van der Waals surface area contributed by atoms with Gasteiger partial charge in [-0.2, -0.15) is 0 Å². The lowest BCUT2D eigenvalue weighted by atomic mass is 10.1. The van der Waals surface area contributed by atoms with Crippen LogP contribution in [0.1, 0.15) is 30.9 Å². The van der Waals surface area contributed by atoms with E-state index in [9.17, 15) is 0 Å². The fourth-order valence-corrected chi connectivity index (χ4v) is 3.21. The van der Waals surface area contributed by atoms with E-state index in [2.05, 4.69) is 48.0 Å². The highest BCUT2D eigenvalue weighted by atomic mass is 79.9. The van der Waals surface area contributed by atoms with Crippen LogP contribution in [-0.4, -0.2) is 20.6 Å². The van der Waals surface area contributed by atoms with E-state index in [1.54, 1.807) is 0 Å². The van der Waals surface area contributed by atoms with Gasteiger partial charge >= 0.3 is 0 Å². The molecule has 1 saturated carbocycles. The molecule has 100 valence electrons. The molecule has 1 aliphatic carbocycles. The first kappa shape index (κ1) is 12.8. The molecule has 3 rings (SSSR count). The van der Waals surface area contributed by atoms with Crippen molar-refractivity contribution >= 4 is 15.9 Å². The molecule has 0 radical (unpaired) electrons. The van der Waals surface area contributed by atoms with Gasteiger partial charge in [0.1, 0.15) is 0 Å². The van der Waals surface area contributed by atoms with Gasteiger partial charge in [-0.15, -0.1) is 0 Å². The molecule has 2 aromatic heterocycles. The maximum atomic E-state index is 4.20. The summed E-state index contributed by atoms with van der Waals surface area (Å²) >= 11 is 3.46. The average Bonchev–Trinajstić information content (AvgIpc) is 3.07. The van der Waals surface area contributed by atoms with Crippen LogP contribution in [0, 0.1) is 0 Å². The predicted molar refractivity (Wildman–Crippen MR) is 77.7 cm³/mol. The highest BCUT2D eigenvalue weighted by Gasteiger charge is 2.27. The molecule has 5 heteroatoms. The fraction of sp³-hybridized carbons (Fsp3) is 0.429. The molecule has 2 heterocycles. The molecule has 0 aromatic carbocycles. The van der Waals surface area contributed by atoms with Gasteiger partial charge < -0.3 is 9.88 Å². The second kappa shape index (κ2) is 5.84. The second-order valence-electron chi connectivity index (χ2n) is 5.01. The maximum Gasteiger partial charge on any atom is 0.0949 e. The van der Waals surface area contributed by atoms with Crippen molar-refractivity contribution < 1.29 is 0 Å². The van der Waals surface area contributed by atoms with E-state index in [0.717, 1.165) is 11.0 Å². The Morgan fingerprint density at radius 2 is 2.26 bits per heavy atom. The van der Waals surface area contributed by atoms with Crippen LogP contribution in [-0.2, 0) is 6.54 Å². The lowest BCUT2D eigenvalue weighted by Crippen LogP contribution is -2.33. The number of halogens is 1. The van der Waals surface area contributed by atoms with Crippen LogP contribution >= 0.6 is 15.9 Å². The third-order valence-electron chi connectivity index (χ3n) is 3.72. The fourth-order valence-electron chi connectivity index (χ4n) is 2.80. The number of rotatable bonds is 4. The van der Waals surface area contributed by atoms with Crippen LogP contribution in [0.15, 0.2) is 41.7 Å². The zero-order chi connectivity index (χ0) is 13.1. The molecule has 0 aliphatic heterocycles. The van der Waals surface area contributed by atoms with Gasteiger partial charge in [0.15, 0.2) is 0 Å². The molecule has 1 N–H and O–H groups in total. The lowest BCUT2D eigenvalue weighted by molar-refractivity contribution is 0.390. The summed E-state index contributed by atoms with van der Waals surface area (Å²) < 4.78 is 3.26. The molecule has 1 aliphatic rings. The van der Waals surface area contributed by atoms with Gasteiger partial charge in [-0.05, 0) is 46.8 Å². The number of imidazole rings is 1. The minimum absolute atomic E-state index is 0.521. The lowest BCUT2D eigenvalue weighted by Gasteiger charge is -2.22. The quantitative estimate of drug-likeness (QED) is 0.941. The molecule has 2 aromatic rings. The molecular formula is C14H17BrN4. The van der Waals surface area contributed by atoms with Gasteiger partial charge in [-0.3, -0.25) is 4.98 Å². The van der Waals surface area contributed by atoms with E-state index in [1.807, 2.05) is 24.9 Å². The Kier molecular flexibility index (Phi) is 3.94. The first-order valence-corrected chi connectivity index (χ1v) is 7.42. The number of hydrogen-bond acceptors (Lipinski definition) is 3. The van der Waals surface area contributed by atoms with E-state index in [4.69, 9.17) is 0 Å². The highest BCUT2D eigenvalue weighted by molar-refractivity contribution is 9.10. The van der Waals surface area contributed by atoms with Crippen molar-refractivity contribution in [3.05, 3.63) is 47.2 Å². The number of aromatic nitrogens is 3. The molecule has 0 saturated heterocycles. The zero-order valence-electron chi connectivity index (χ0n) is 10.7. The van der Waals surface area contributed by atoms with Crippen molar-refractivity contribution in [1.29, 1.82) is 0 Å². The van der Waals surface area contributed by atoms with E-state index >= 15 is 0 Å². The van der Waals surface area contributed by atoms with Crippen molar-refractivity contribution in [2.24, 2.45) is 0 Å². The van der Waals surface area contributed by atoms with Crippen LogP contribution in [0.25, 0.3) is 0 Å². The Morgan fingerprint density at radius 1 is 1.32 bits per heavy atom. The molecule has 0 amide bonds. The molecule has 19 heavy (non-hydrogen) atoms. The minimum Gasteiger partial charge on any atom is -0.333 e. The SMILES string of the molecule is Brc1cncc(CNC2CCCC2n2ccnc2)c1. The van der Waals surface area contributed by atoms with E-state index in [1.165, 1.54) is 24.8 Å². The summed E-state index contributed by atoms with van der Waals surface area (Å²) in [5.41, 5.74) is 1.21. The smallest absolute Gasteiger partial charge is 0.0949 e. The number of nitrogens with one attached hydrogen (secondary N) is 1. The molecule has 2 unspecified atom stereocenters. The summed E-state index contributed by atoms with van der Waals surface area (Å²) in [5.74, 6) is 0. The van der Waals surface area contributed by atoms with Crippen molar-refractivity contribution in [3.8, 4) is 0 Å². The van der Waals surface area contributed by atoms with Gasteiger partial charge in [0, 0.05) is 47.9 Å². The minimum atomic E-state index is 0.521. The summed E-state index contributed by atoms with van der Waals surface area (Å²) in [6, 6.07) is 3.16. The Bertz CT molecular complexity index is 526. The summed E-state index contributed by atoms with van der Waals surface area (Å²) in [4.78, 5) is 8.35. The summed E-state index contributed by atoms with van der Waals surface area (Å²) in [5, 5.41) is 3.65. The molecule has 0 spiro atoms. The van der Waals surface area contributed by atoms with Gasteiger partial charge in [-0.25, -0.2) is 4.98 Å².